The minimum absolute atomic E-state index is 0.0479. The lowest BCUT2D eigenvalue weighted by Gasteiger charge is -2.37. The molecule has 0 aromatic heterocycles. The molecule has 1 atom stereocenters. The summed E-state index contributed by atoms with van der Waals surface area (Å²) in [5, 5.41) is 0. The first-order valence-electron chi connectivity index (χ1n) is 4.67. The second-order valence-electron chi connectivity index (χ2n) is 4.48. The molecule has 0 aromatic rings. The Balaban J connectivity index is 2.55. The predicted molar refractivity (Wildman–Crippen MR) is 58.3 cm³/mol. The van der Waals surface area contributed by atoms with Crippen molar-refractivity contribution in [1.29, 1.82) is 0 Å². The highest BCUT2D eigenvalue weighted by atomic mass is 32.2. The molecule has 0 radical (unpaired) electrons. The molecule has 3 heteroatoms. The van der Waals surface area contributed by atoms with Crippen LogP contribution < -0.4 is 0 Å². The van der Waals surface area contributed by atoms with Gasteiger partial charge in [0.15, 0.2) is 0 Å². The van der Waals surface area contributed by atoms with Crippen molar-refractivity contribution in [1.82, 2.24) is 4.90 Å². The van der Waals surface area contributed by atoms with E-state index in [9.17, 15) is 4.21 Å². The van der Waals surface area contributed by atoms with Gasteiger partial charge >= 0.3 is 0 Å². The third-order valence-corrected chi connectivity index (χ3v) is 4.22. The lowest BCUT2D eigenvalue weighted by molar-refractivity contribution is 0.275. The van der Waals surface area contributed by atoms with E-state index < -0.39 is 10.8 Å². The maximum Gasteiger partial charge on any atom is 0.0530 e. The van der Waals surface area contributed by atoms with E-state index >= 15 is 0 Å². The van der Waals surface area contributed by atoms with E-state index in [2.05, 4.69) is 25.3 Å². The Hall–Kier alpha value is -0.150. The van der Waals surface area contributed by atoms with E-state index in [-0.39, 0.29) is 4.75 Å². The summed E-state index contributed by atoms with van der Waals surface area (Å²) in [5.74, 6) is 0.806. The second-order valence-corrected chi connectivity index (χ2v) is 6.68. The fraction of sp³-hybridized carbons (Fsp3) is 0.800. The molecule has 1 unspecified atom stereocenters. The third-order valence-electron chi connectivity index (χ3n) is 2.31. The van der Waals surface area contributed by atoms with E-state index in [1.54, 1.807) is 0 Å². The fourth-order valence-electron chi connectivity index (χ4n) is 1.69. The van der Waals surface area contributed by atoms with Gasteiger partial charge in [-0.25, -0.2) is 0 Å². The van der Waals surface area contributed by atoms with Crippen molar-refractivity contribution in [2.45, 2.75) is 25.5 Å². The van der Waals surface area contributed by atoms with Gasteiger partial charge in [0.1, 0.15) is 0 Å². The largest absolute Gasteiger partial charge is 0.297 e. The van der Waals surface area contributed by atoms with Crippen LogP contribution in [-0.4, -0.2) is 39.2 Å². The first-order valence-corrected chi connectivity index (χ1v) is 5.99. The first kappa shape index (κ1) is 10.9. The smallest absolute Gasteiger partial charge is 0.0530 e. The molecule has 0 aliphatic carbocycles. The standard InChI is InChI=1S/C10H19NOS/c1-9(2)7-11-5-6-13(12)10(3,4)8-11/h1,5-8H2,2-4H3. The lowest BCUT2D eigenvalue weighted by Crippen LogP contribution is -2.50. The van der Waals surface area contributed by atoms with Gasteiger partial charge in [0, 0.05) is 36.2 Å². The Morgan fingerprint density at radius 1 is 1.62 bits per heavy atom. The first-order chi connectivity index (χ1) is 5.92. The van der Waals surface area contributed by atoms with Gasteiger partial charge in [-0.15, -0.1) is 0 Å². The van der Waals surface area contributed by atoms with Crippen LogP contribution in [0.3, 0.4) is 0 Å². The summed E-state index contributed by atoms with van der Waals surface area (Å²) < 4.78 is 11.6. The molecule has 0 N–H and O–H groups in total. The SMILES string of the molecule is C=C(C)CN1CCS(=O)C(C)(C)C1. The Kier molecular flexibility index (Phi) is 3.30. The number of hydrogen-bond acceptors (Lipinski definition) is 2. The Morgan fingerprint density at radius 3 is 2.69 bits per heavy atom. The van der Waals surface area contributed by atoms with E-state index in [0.29, 0.717) is 0 Å². The normalized spacial score (nSPS) is 28.7. The zero-order chi connectivity index (χ0) is 10.1. The summed E-state index contributed by atoms with van der Waals surface area (Å²) in [6.45, 7) is 12.9. The van der Waals surface area contributed by atoms with Crippen LogP contribution in [0.4, 0.5) is 0 Å². The maximum atomic E-state index is 11.6. The minimum Gasteiger partial charge on any atom is -0.297 e. The zero-order valence-corrected chi connectivity index (χ0v) is 9.62. The Labute approximate surface area is 83.5 Å². The molecule has 0 aromatic carbocycles. The Morgan fingerprint density at radius 2 is 2.23 bits per heavy atom. The molecule has 1 heterocycles. The molecule has 1 aliphatic heterocycles. The molecule has 13 heavy (non-hydrogen) atoms. The van der Waals surface area contributed by atoms with Gasteiger partial charge in [-0.1, -0.05) is 12.2 Å². The lowest BCUT2D eigenvalue weighted by atomic mass is 10.1. The molecule has 1 fully saturated rings. The summed E-state index contributed by atoms with van der Waals surface area (Å²) in [7, 11) is -0.657. The summed E-state index contributed by atoms with van der Waals surface area (Å²) in [6.07, 6.45) is 0. The number of rotatable bonds is 2. The minimum atomic E-state index is -0.657. The van der Waals surface area contributed by atoms with Crippen LogP contribution in [-0.2, 0) is 10.8 Å². The van der Waals surface area contributed by atoms with Crippen LogP contribution in [0, 0.1) is 0 Å². The molecule has 1 rings (SSSR count). The number of nitrogens with zero attached hydrogens (tertiary/aromatic N) is 1. The van der Waals surface area contributed by atoms with Crippen LogP contribution >= 0.6 is 0 Å². The van der Waals surface area contributed by atoms with Crippen molar-refractivity contribution in [3.05, 3.63) is 12.2 Å². The van der Waals surface area contributed by atoms with Crippen molar-refractivity contribution in [2.75, 3.05) is 25.4 Å². The summed E-state index contributed by atoms with van der Waals surface area (Å²) in [6, 6.07) is 0. The van der Waals surface area contributed by atoms with Crippen molar-refractivity contribution in [2.24, 2.45) is 0 Å². The van der Waals surface area contributed by atoms with Crippen LogP contribution in [0.25, 0.3) is 0 Å². The van der Waals surface area contributed by atoms with E-state index in [0.717, 1.165) is 25.4 Å². The van der Waals surface area contributed by atoms with Crippen LogP contribution in [0.15, 0.2) is 12.2 Å². The van der Waals surface area contributed by atoms with Gasteiger partial charge in [0.25, 0.3) is 0 Å². The second kappa shape index (κ2) is 3.93. The van der Waals surface area contributed by atoms with Crippen LogP contribution in [0.5, 0.6) is 0 Å². The van der Waals surface area contributed by atoms with Crippen LogP contribution in [0.1, 0.15) is 20.8 Å². The third kappa shape index (κ3) is 2.92. The van der Waals surface area contributed by atoms with Crippen LogP contribution in [0.2, 0.25) is 0 Å². The quantitative estimate of drug-likeness (QED) is 0.630. The zero-order valence-electron chi connectivity index (χ0n) is 8.80. The van der Waals surface area contributed by atoms with Crippen molar-refractivity contribution in [3.8, 4) is 0 Å². The fourth-order valence-corrected chi connectivity index (χ4v) is 3.00. The Bertz CT molecular complexity index is 235. The van der Waals surface area contributed by atoms with Gasteiger partial charge in [0.2, 0.25) is 0 Å². The molecule has 76 valence electrons. The van der Waals surface area contributed by atoms with Gasteiger partial charge in [-0.3, -0.25) is 9.11 Å². The molecule has 0 saturated carbocycles. The topological polar surface area (TPSA) is 20.3 Å². The predicted octanol–water partition coefficient (Wildman–Crippen LogP) is 1.41. The molecule has 1 aliphatic rings. The van der Waals surface area contributed by atoms with E-state index in [4.69, 9.17) is 0 Å². The molecular weight excluding hydrogens is 182 g/mol. The molecule has 0 bridgehead atoms. The highest BCUT2D eigenvalue weighted by molar-refractivity contribution is 7.86. The van der Waals surface area contributed by atoms with Gasteiger partial charge < -0.3 is 0 Å². The van der Waals surface area contributed by atoms with Gasteiger partial charge in [0.05, 0.1) is 4.75 Å². The summed E-state index contributed by atoms with van der Waals surface area (Å²) in [5.41, 5.74) is 1.18. The summed E-state index contributed by atoms with van der Waals surface area (Å²) in [4.78, 5) is 2.34. The average Bonchev–Trinajstić information content (AvgIpc) is 1.95. The average molecular weight is 201 g/mol. The van der Waals surface area contributed by atoms with E-state index in [1.165, 1.54) is 5.57 Å². The van der Waals surface area contributed by atoms with Crippen molar-refractivity contribution >= 4 is 10.8 Å². The highest BCUT2D eigenvalue weighted by Gasteiger charge is 2.32. The molecule has 0 amide bonds. The molecule has 2 nitrogen and oxygen atoms in total. The maximum absolute atomic E-state index is 11.6. The highest BCUT2D eigenvalue weighted by Crippen LogP contribution is 2.20. The molecule has 0 spiro atoms. The summed E-state index contributed by atoms with van der Waals surface area (Å²) >= 11 is 0. The van der Waals surface area contributed by atoms with Crippen molar-refractivity contribution < 1.29 is 4.21 Å². The van der Waals surface area contributed by atoms with E-state index in [1.807, 2.05) is 6.92 Å². The van der Waals surface area contributed by atoms with Gasteiger partial charge in [-0.2, -0.15) is 0 Å². The van der Waals surface area contributed by atoms with Crippen molar-refractivity contribution in [3.63, 3.8) is 0 Å². The molecule has 1 saturated heterocycles. The van der Waals surface area contributed by atoms with Gasteiger partial charge in [-0.05, 0) is 20.8 Å². The molecular formula is C10H19NOS. The monoisotopic (exact) mass is 201 g/mol. The number of hydrogen-bond donors (Lipinski definition) is 0.